The minimum absolute atomic E-state index is 0. The maximum atomic E-state index is 2.30. The molecular formula is C13H22S. The summed E-state index contributed by atoms with van der Waals surface area (Å²) in [4.78, 5) is 0. The van der Waals surface area contributed by atoms with Gasteiger partial charge in [0, 0.05) is 0 Å². The van der Waals surface area contributed by atoms with Crippen LogP contribution in [-0.4, -0.2) is 0 Å². The zero-order valence-electron chi connectivity index (χ0n) is 9.62. The first-order valence-electron chi connectivity index (χ1n) is 5.18. The summed E-state index contributed by atoms with van der Waals surface area (Å²) >= 11 is 0. The van der Waals surface area contributed by atoms with Gasteiger partial charge in [-0.3, -0.25) is 0 Å². The third-order valence-corrected chi connectivity index (χ3v) is 2.62. The van der Waals surface area contributed by atoms with E-state index in [0.29, 0.717) is 5.92 Å². The lowest BCUT2D eigenvalue weighted by Crippen LogP contribution is -2.13. The lowest BCUT2D eigenvalue weighted by molar-refractivity contribution is 0.388. The molecule has 1 aromatic rings. The van der Waals surface area contributed by atoms with Gasteiger partial charge in [-0.25, -0.2) is 0 Å². The van der Waals surface area contributed by atoms with Crippen molar-refractivity contribution in [1.82, 2.24) is 0 Å². The topological polar surface area (TPSA) is 0 Å². The molecule has 1 aromatic carbocycles. The number of benzene rings is 1. The number of rotatable bonds is 3. The third kappa shape index (κ3) is 3.38. The van der Waals surface area contributed by atoms with Gasteiger partial charge in [-0.05, 0) is 23.3 Å². The van der Waals surface area contributed by atoms with Crippen molar-refractivity contribution in [3.8, 4) is 0 Å². The zero-order chi connectivity index (χ0) is 9.84. The summed E-state index contributed by atoms with van der Waals surface area (Å²) in [7, 11) is 0. The van der Waals surface area contributed by atoms with E-state index in [9.17, 15) is 0 Å². The minimum atomic E-state index is 0. The molecule has 0 amide bonds. The first-order valence-corrected chi connectivity index (χ1v) is 5.18. The standard InChI is InChI=1S/C13H20.H2S/c1-10(2)13(11(3)4)12-8-6-5-7-9-12;/h5-11,13H,1-4H3;1H2. The molecule has 0 heterocycles. The van der Waals surface area contributed by atoms with Gasteiger partial charge < -0.3 is 0 Å². The van der Waals surface area contributed by atoms with Crippen molar-refractivity contribution in [2.24, 2.45) is 11.8 Å². The quantitative estimate of drug-likeness (QED) is 0.701. The van der Waals surface area contributed by atoms with Crippen LogP contribution in [0.2, 0.25) is 0 Å². The van der Waals surface area contributed by atoms with Gasteiger partial charge in [0.25, 0.3) is 0 Å². The molecule has 0 aliphatic heterocycles. The van der Waals surface area contributed by atoms with Crippen molar-refractivity contribution in [2.75, 3.05) is 0 Å². The Bertz CT molecular complexity index is 231. The second-order valence-corrected chi connectivity index (χ2v) is 4.42. The Morgan fingerprint density at radius 1 is 0.786 bits per heavy atom. The Kier molecular flexibility index (Phi) is 5.94. The van der Waals surface area contributed by atoms with E-state index in [-0.39, 0.29) is 13.5 Å². The lowest BCUT2D eigenvalue weighted by Gasteiger charge is -2.25. The van der Waals surface area contributed by atoms with Crippen LogP contribution in [0.3, 0.4) is 0 Å². The summed E-state index contributed by atoms with van der Waals surface area (Å²) in [6.45, 7) is 9.21. The highest BCUT2D eigenvalue weighted by Gasteiger charge is 2.18. The molecule has 0 unspecified atom stereocenters. The fourth-order valence-electron chi connectivity index (χ4n) is 2.21. The molecule has 0 atom stereocenters. The lowest BCUT2D eigenvalue weighted by atomic mass is 9.80. The second kappa shape index (κ2) is 6.13. The van der Waals surface area contributed by atoms with Gasteiger partial charge in [0.1, 0.15) is 0 Å². The molecule has 0 aliphatic rings. The van der Waals surface area contributed by atoms with E-state index in [0.717, 1.165) is 11.8 Å². The molecule has 0 aliphatic carbocycles. The molecule has 0 N–H and O–H groups in total. The van der Waals surface area contributed by atoms with E-state index in [1.165, 1.54) is 5.56 Å². The van der Waals surface area contributed by atoms with Gasteiger partial charge in [0.15, 0.2) is 0 Å². The monoisotopic (exact) mass is 210 g/mol. The summed E-state index contributed by atoms with van der Waals surface area (Å²) in [6, 6.07) is 10.8. The van der Waals surface area contributed by atoms with E-state index in [4.69, 9.17) is 0 Å². The second-order valence-electron chi connectivity index (χ2n) is 4.42. The average Bonchev–Trinajstić information content (AvgIpc) is 2.04. The highest BCUT2D eigenvalue weighted by Crippen LogP contribution is 2.31. The molecule has 0 saturated heterocycles. The molecule has 80 valence electrons. The van der Waals surface area contributed by atoms with Crippen molar-refractivity contribution < 1.29 is 0 Å². The van der Waals surface area contributed by atoms with Crippen molar-refractivity contribution >= 4 is 13.5 Å². The van der Waals surface area contributed by atoms with Crippen LogP contribution in [0.15, 0.2) is 30.3 Å². The molecule has 0 spiro atoms. The van der Waals surface area contributed by atoms with Gasteiger partial charge in [0.05, 0.1) is 0 Å². The molecule has 0 bridgehead atoms. The molecule has 0 aromatic heterocycles. The molecule has 0 fully saturated rings. The van der Waals surface area contributed by atoms with Crippen molar-refractivity contribution in [3.63, 3.8) is 0 Å². The first kappa shape index (κ1) is 13.6. The summed E-state index contributed by atoms with van der Waals surface area (Å²) in [6.07, 6.45) is 0. The molecule has 0 nitrogen and oxygen atoms in total. The van der Waals surface area contributed by atoms with Crippen LogP contribution in [-0.2, 0) is 0 Å². The predicted octanol–water partition coefficient (Wildman–Crippen LogP) is 4.20. The van der Waals surface area contributed by atoms with E-state index < -0.39 is 0 Å². The zero-order valence-corrected chi connectivity index (χ0v) is 10.6. The Morgan fingerprint density at radius 2 is 1.21 bits per heavy atom. The fraction of sp³-hybridized carbons (Fsp3) is 0.538. The Hall–Kier alpha value is -0.430. The van der Waals surface area contributed by atoms with Crippen LogP contribution >= 0.6 is 13.5 Å². The van der Waals surface area contributed by atoms with E-state index in [1.807, 2.05) is 0 Å². The van der Waals surface area contributed by atoms with Crippen molar-refractivity contribution in [2.45, 2.75) is 33.6 Å². The van der Waals surface area contributed by atoms with Crippen LogP contribution in [0, 0.1) is 11.8 Å². The van der Waals surface area contributed by atoms with E-state index in [1.54, 1.807) is 0 Å². The van der Waals surface area contributed by atoms with Gasteiger partial charge >= 0.3 is 0 Å². The summed E-state index contributed by atoms with van der Waals surface area (Å²) in [5.41, 5.74) is 1.48. The highest BCUT2D eigenvalue weighted by atomic mass is 32.1. The van der Waals surface area contributed by atoms with Crippen LogP contribution in [0.1, 0.15) is 39.2 Å². The van der Waals surface area contributed by atoms with Gasteiger partial charge in [0.2, 0.25) is 0 Å². The van der Waals surface area contributed by atoms with Crippen LogP contribution < -0.4 is 0 Å². The smallest absolute Gasteiger partial charge is 0.0116 e. The van der Waals surface area contributed by atoms with Crippen LogP contribution in [0.5, 0.6) is 0 Å². The van der Waals surface area contributed by atoms with E-state index in [2.05, 4.69) is 58.0 Å². The normalized spacial score (nSPS) is 10.8. The SMILES string of the molecule is CC(C)C(c1ccccc1)C(C)C.S. The molecule has 1 heteroatoms. The largest absolute Gasteiger partial charge is 0.197 e. The van der Waals surface area contributed by atoms with Crippen LogP contribution in [0.4, 0.5) is 0 Å². The summed E-state index contributed by atoms with van der Waals surface area (Å²) in [5, 5.41) is 0. The molecule has 0 saturated carbocycles. The number of hydrogen-bond acceptors (Lipinski definition) is 0. The Morgan fingerprint density at radius 3 is 1.57 bits per heavy atom. The number of hydrogen-bond donors (Lipinski definition) is 0. The minimum Gasteiger partial charge on any atom is -0.197 e. The van der Waals surface area contributed by atoms with Crippen molar-refractivity contribution in [3.05, 3.63) is 35.9 Å². The third-order valence-electron chi connectivity index (χ3n) is 2.62. The molecular weight excluding hydrogens is 188 g/mol. The molecule has 0 radical (unpaired) electrons. The maximum absolute atomic E-state index is 2.30. The van der Waals surface area contributed by atoms with E-state index >= 15 is 0 Å². The maximum Gasteiger partial charge on any atom is -0.0116 e. The average molecular weight is 210 g/mol. The van der Waals surface area contributed by atoms with Gasteiger partial charge in [-0.1, -0.05) is 58.0 Å². The Balaban J connectivity index is 0.00000169. The summed E-state index contributed by atoms with van der Waals surface area (Å²) < 4.78 is 0. The molecule has 14 heavy (non-hydrogen) atoms. The summed E-state index contributed by atoms with van der Waals surface area (Å²) in [5.74, 6) is 2.14. The van der Waals surface area contributed by atoms with Crippen LogP contribution in [0.25, 0.3) is 0 Å². The molecule has 1 rings (SSSR count). The van der Waals surface area contributed by atoms with Crippen molar-refractivity contribution in [1.29, 1.82) is 0 Å². The van der Waals surface area contributed by atoms with Gasteiger partial charge in [-0.2, -0.15) is 13.5 Å². The highest BCUT2D eigenvalue weighted by molar-refractivity contribution is 7.59. The van der Waals surface area contributed by atoms with Gasteiger partial charge in [-0.15, -0.1) is 0 Å². The Labute approximate surface area is 95.2 Å². The fourth-order valence-corrected chi connectivity index (χ4v) is 2.21. The predicted molar refractivity (Wildman–Crippen MR) is 69.2 cm³/mol. The first-order chi connectivity index (χ1) is 6.13.